The van der Waals surface area contributed by atoms with Gasteiger partial charge < -0.3 is 9.73 Å². The number of carbonyl (C=O) groups is 1. The number of para-hydroxylation sites is 1. The van der Waals surface area contributed by atoms with Gasteiger partial charge in [0.25, 0.3) is 0 Å². The van der Waals surface area contributed by atoms with Gasteiger partial charge >= 0.3 is 0 Å². The lowest BCUT2D eigenvalue weighted by Crippen LogP contribution is -2.16. The van der Waals surface area contributed by atoms with Crippen LogP contribution in [-0.2, 0) is 11.3 Å². The summed E-state index contributed by atoms with van der Waals surface area (Å²) in [7, 11) is 0. The number of aryl methyl sites for hydroxylation is 2. The third kappa shape index (κ3) is 4.44. The van der Waals surface area contributed by atoms with E-state index in [9.17, 15) is 4.79 Å². The van der Waals surface area contributed by atoms with Crippen LogP contribution in [0.4, 0.5) is 5.69 Å². The molecule has 0 aliphatic heterocycles. The lowest BCUT2D eigenvalue weighted by molar-refractivity contribution is -0.113. The molecule has 3 aromatic heterocycles. The molecule has 3 heterocycles. The predicted molar refractivity (Wildman–Crippen MR) is 116 cm³/mol. The van der Waals surface area contributed by atoms with Crippen molar-refractivity contribution in [1.82, 2.24) is 14.8 Å². The van der Waals surface area contributed by atoms with E-state index in [4.69, 9.17) is 4.42 Å². The number of benzene rings is 1. The highest BCUT2D eigenvalue weighted by atomic mass is 32.2. The number of nitrogens with zero attached hydrogens (tertiary/aromatic N) is 3. The molecule has 0 atom stereocenters. The first-order valence-electron chi connectivity index (χ1n) is 9.10. The highest BCUT2D eigenvalue weighted by molar-refractivity contribution is 7.99. The predicted octanol–water partition coefficient (Wildman–Crippen LogP) is 5.00. The van der Waals surface area contributed by atoms with Crippen LogP contribution >= 0.6 is 23.1 Å². The SMILES string of the molecule is Cc1cccc(C)c1NC(=O)CSc1nnc(-c2cccs2)n1Cc1ccco1. The van der Waals surface area contributed by atoms with Crippen LogP contribution in [-0.4, -0.2) is 26.4 Å². The number of furan rings is 1. The number of amides is 1. The molecule has 8 heteroatoms. The van der Waals surface area contributed by atoms with Gasteiger partial charge in [-0.2, -0.15) is 0 Å². The third-order valence-corrected chi connectivity index (χ3v) is 6.26. The van der Waals surface area contributed by atoms with Crippen LogP contribution in [0, 0.1) is 13.8 Å². The van der Waals surface area contributed by atoms with Crippen molar-refractivity contribution in [3.05, 3.63) is 71.0 Å². The maximum atomic E-state index is 12.5. The molecule has 0 saturated heterocycles. The number of carbonyl (C=O) groups excluding carboxylic acids is 1. The second-order valence-electron chi connectivity index (χ2n) is 6.55. The Morgan fingerprint density at radius 2 is 1.97 bits per heavy atom. The van der Waals surface area contributed by atoms with Crippen molar-refractivity contribution < 1.29 is 9.21 Å². The average Bonchev–Trinajstić information content (AvgIpc) is 3.46. The Kier molecular flexibility index (Phi) is 5.82. The first-order valence-corrected chi connectivity index (χ1v) is 11.0. The smallest absolute Gasteiger partial charge is 0.234 e. The van der Waals surface area contributed by atoms with Crippen molar-refractivity contribution in [3.8, 4) is 10.7 Å². The molecule has 1 aromatic carbocycles. The summed E-state index contributed by atoms with van der Waals surface area (Å²) >= 11 is 2.97. The minimum Gasteiger partial charge on any atom is -0.467 e. The van der Waals surface area contributed by atoms with E-state index in [1.165, 1.54) is 11.8 Å². The first kappa shape index (κ1) is 19.5. The van der Waals surface area contributed by atoms with Crippen LogP contribution in [0.2, 0.25) is 0 Å². The number of thioether (sulfide) groups is 1. The van der Waals surface area contributed by atoms with Gasteiger partial charge in [-0.15, -0.1) is 21.5 Å². The molecule has 6 nitrogen and oxygen atoms in total. The zero-order chi connectivity index (χ0) is 20.2. The molecule has 29 heavy (non-hydrogen) atoms. The number of anilines is 1. The third-order valence-electron chi connectivity index (χ3n) is 4.43. The topological polar surface area (TPSA) is 73.0 Å². The summed E-state index contributed by atoms with van der Waals surface area (Å²) in [6, 6.07) is 13.7. The van der Waals surface area contributed by atoms with Gasteiger partial charge in [0.1, 0.15) is 5.76 Å². The molecule has 0 unspecified atom stereocenters. The highest BCUT2D eigenvalue weighted by Crippen LogP contribution is 2.28. The van der Waals surface area contributed by atoms with Crippen LogP contribution in [0.15, 0.2) is 63.7 Å². The monoisotopic (exact) mass is 424 g/mol. The van der Waals surface area contributed by atoms with E-state index in [1.54, 1.807) is 17.6 Å². The van der Waals surface area contributed by atoms with Gasteiger partial charge in [-0.25, -0.2) is 0 Å². The number of hydrogen-bond donors (Lipinski definition) is 1. The summed E-state index contributed by atoms with van der Waals surface area (Å²) in [4.78, 5) is 13.6. The van der Waals surface area contributed by atoms with Crippen molar-refractivity contribution in [1.29, 1.82) is 0 Å². The molecule has 0 fully saturated rings. The number of aromatic nitrogens is 3. The van der Waals surface area contributed by atoms with Crippen LogP contribution in [0.1, 0.15) is 16.9 Å². The van der Waals surface area contributed by atoms with Crippen molar-refractivity contribution in [2.75, 3.05) is 11.1 Å². The van der Waals surface area contributed by atoms with E-state index < -0.39 is 0 Å². The lowest BCUT2D eigenvalue weighted by atomic mass is 10.1. The lowest BCUT2D eigenvalue weighted by Gasteiger charge is -2.11. The van der Waals surface area contributed by atoms with Crippen molar-refractivity contribution in [2.45, 2.75) is 25.5 Å². The van der Waals surface area contributed by atoms with Gasteiger partial charge in [-0.3, -0.25) is 9.36 Å². The van der Waals surface area contributed by atoms with E-state index in [0.29, 0.717) is 11.7 Å². The Labute approximate surface area is 177 Å². The summed E-state index contributed by atoms with van der Waals surface area (Å²) in [5.41, 5.74) is 2.96. The number of thiophene rings is 1. The fourth-order valence-corrected chi connectivity index (χ4v) is 4.46. The van der Waals surface area contributed by atoms with E-state index in [0.717, 1.165) is 33.3 Å². The molecule has 0 aliphatic carbocycles. The van der Waals surface area contributed by atoms with Gasteiger partial charge in [-0.05, 0) is 48.6 Å². The average molecular weight is 425 g/mol. The fourth-order valence-electron chi connectivity index (χ4n) is 3.00. The molecule has 0 bridgehead atoms. The van der Waals surface area contributed by atoms with Gasteiger partial charge in [0.2, 0.25) is 5.91 Å². The van der Waals surface area contributed by atoms with Crippen LogP contribution in [0.5, 0.6) is 0 Å². The second-order valence-corrected chi connectivity index (χ2v) is 8.44. The fraction of sp³-hybridized carbons (Fsp3) is 0.190. The summed E-state index contributed by atoms with van der Waals surface area (Å²) < 4.78 is 7.49. The number of hydrogen-bond acceptors (Lipinski definition) is 6. The minimum atomic E-state index is -0.0716. The highest BCUT2D eigenvalue weighted by Gasteiger charge is 2.18. The zero-order valence-electron chi connectivity index (χ0n) is 16.1. The number of nitrogens with one attached hydrogen (secondary N) is 1. The maximum absolute atomic E-state index is 12.5. The Morgan fingerprint density at radius 1 is 1.14 bits per heavy atom. The zero-order valence-corrected chi connectivity index (χ0v) is 17.7. The van der Waals surface area contributed by atoms with Gasteiger partial charge in [0.05, 0.1) is 23.4 Å². The van der Waals surface area contributed by atoms with Gasteiger partial charge in [-0.1, -0.05) is 36.0 Å². The van der Waals surface area contributed by atoms with E-state index in [-0.39, 0.29) is 11.7 Å². The van der Waals surface area contributed by atoms with E-state index in [2.05, 4.69) is 15.5 Å². The minimum absolute atomic E-state index is 0.0716. The quantitative estimate of drug-likeness (QED) is 0.423. The molecular formula is C21H20N4O2S2. The van der Waals surface area contributed by atoms with Gasteiger partial charge in [0, 0.05) is 5.69 Å². The number of rotatable bonds is 7. The Morgan fingerprint density at radius 3 is 2.66 bits per heavy atom. The Bertz CT molecular complexity index is 1080. The Balaban J connectivity index is 1.51. The van der Waals surface area contributed by atoms with E-state index in [1.807, 2.05) is 66.3 Å². The molecule has 4 aromatic rings. The van der Waals surface area contributed by atoms with Crippen molar-refractivity contribution in [3.63, 3.8) is 0 Å². The van der Waals surface area contributed by atoms with Crippen LogP contribution < -0.4 is 5.32 Å². The molecule has 4 rings (SSSR count). The second kappa shape index (κ2) is 8.67. The molecule has 1 amide bonds. The maximum Gasteiger partial charge on any atom is 0.234 e. The van der Waals surface area contributed by atoms with Crippen molar-refractivity contribution in [2.24, 2.45) is 0 Å². The summed E-state index contributed by atoms with van der Waals surface area (Å²) in [6.45, 7) is 4.49. The first-order chi connectivity index (χ1) is 14.1. The molecule has 0 aliphatic rings. The van der Waals surface area contributed by atoms with Crippen molar-refractivity contribution >= 4 is 34.7 Å². The molecule has 0 saturated carbocycles. The van der Waals surface area contributed by atoms with Crippen LogP contribution in [0.3, 0.4) is 0 Å². The molecule has 0 spiro atoms. The molecule has 0 radical (unpaired) electrons. The summed E-state index contributed by atoms with van der Waals surface area (Å²) in [5, 5.41) is 14.4. The van der Waals surface area contributed by atoms with Gasteiger partial charge in [0.15, 0.2) is 11.0 Å². The standard InChI is InChI=1S/C21H20N4O2S2/c1-14-6-3-7-15(2)19(14)22-18(26)13-29-21-24-23-20(17-9-5-11-28-17)25(21)12-16-8-4-10-27-16/h3-11H,12-13H2,1-2H3,(H,22,26). The normalized spacial score (nSPS) is 11.0. The molecule has 148 valence electrons. The molecule has 1 N–H and O–H groups in total. The van der Waals surface area contributed by atoms with Crippen LogP contribution in [0.25, 0.3) is 10.7 Å². The summed E-state index contributed by atoms with van der Waals surface area (Å²) in [6.07, 6.45) is 1.65. The van der Waals surface area contributed by atoms with E-state index >= 15 is 0 Å². The summed E-state index contributed by atoms with van der Waals surface area (Å²) in [5.74, 6) is 1.75. The molecular weight excluding hydrogens is 404 g/mol. The Hall–Kier alpha value is -2.84. The largest absolute Gasteiger partial charge is 0.467 e.